The minimum absolute atomic E-state index is 0.331. The van der Waals surface area contributed by atoms with Gasteiger partial charge in [-0.25, -0.2) is 9.78 Å². The molecular weight excluding hydrogens is 214 g/mol. The summed E-state index contributed by atoms with van der Waals surface area (Å²) in [6, 6.07) is 3.24. The van der Waals surface area contributed by atoms with Gasteiger partial charge in [-0.3, -0.25) is 0 Å². The number of halogens is 1. The Morgan fingerprint density at radius 1 is 1.47 bits per heavy atom. The molecule has 0 saturated carbocycles. The SMILES string of the molecule is CCCOC(=O)c1cc(Cl)nc(CC)c1. The van der Waals surface area contributed by atoms with Gasteiger partial charge in [-0.1, -0.05) is 25.4 Å². The smallest absolute Gasteiger partial charge is 0.338 e. The van der Waals surface area contributed by atoms with Crippen LogP contribution < -0.4 is 0 Å². The van der Waals surface area contributed by atoms with Crippen molar-refractivity contribution in [3.8, 4) is 0 Å². The molecule has 0 amide bonds. The summed E-state index contributed by atoms with van der Waals surface area (Å²) < 4.78 is 5.01. The highest BCUT2D eigenvalue weighted by atomic mass is 35.5. The van der Waals surface area contributed by atoms with Crippen molar-refractivity contribution in [1.29, 1.82) is 0 Å². The number of pyridine rings is 1. The second-order valence-electron chi connectivity index (χ2n) is 3.16. The summed E-state index contributed by atoms with van der Waals surface area (Å²) in [5.74, 6) is -0.337. The second kappa shape index (κ2) is 5.71. The molecule has 0 aliphatic rings. The quantitative estimate of drug-likeness (QED) is 0.587. The van der Waals surface area contributed by atoms with Gasteiger partial charge in [-0.2, -0.15) is 0 Å². The van der Waals surface area contributed by atoms with Crippen LogP contribution >= 0.6 is 11.6 Å². The maximum Gasteiger partial charge on any atom is 0.338 e. The van der Waals surface area contributed by atoms with Crippen LogP contribution in [-0.4, -0.2) is 17.6 Å². The molecular formula is C11H14ClNO2. The number of rotatable bonds is 4. The molecule has 1 heterocycles. The van der Waals surface area contributed by atoms with Crippen molar-refractivity contribution >= 4 is 17.6 Å². The third-order valence-electron chi connectivity index (χ3n) is 1.88. The molecule has 0 saturated heterocycles. The van der Waals surface area contributed by atoms with E-state index in [2.05, 4.69) is 4.98 Å². The average molecular weight is 228 g/mol. The van der Waals surface area contributed by atoms with Crippen LogP contribution in [0.1, 0.15) is 36.3 Å². The second-order valence-corrected chi connectivity index (χ2v) is 3.55. The van der Waals surface area contributed by atoms with Gasteiger partial charge in [0, 0.05) is 5.69 Å². The molecule has 1 rings (SSSR count). The van der Waals surface area contributed by atoms with Crippen LogP contribution in [0.5, 0.6) is 0 Å². The van der Waals surface area contributed by atoms with Crippen molar-refractivity contribution in [2.75, 3.05) is 6.61 Å². The monoisotopic (exact) mass is 227 g/mol. The minimum atomic E-state index is -0.337. The van der Waals surface area contributed by atoms with Crippen LogP contribution in [0.25, 0.3) is 0 Å². The molecule has 15 heavy (non-hydrogen) atoms. The van der Waals surface area contributed by atoms with Gasteiger partial charge in [0.2, 0.25) is 0 Å². The average Bonchev–Trinajstić information content (AvgIpc) is 2.24. The van der Waals surface area contributed by atoms with E-state index in [0.29, 0.717) is 17.3 Å². The first-order valence-corrected chi connectivity index (χ1v) is 5.38. The van der Waals surface area contributed by atoms with Crippen LogP contribution in [0.15, 0.2) is 12.1 Å². The third-order valence-corrected chi connectivity index (χ3v) is 2.08. The predicted molar refractivity (Wildman–Crippen MR) is 59.2 cm³/mol. The lowest BCUT2D eigenvalue weighted by Crippen LogP contribution is -2.07. The molecule has 0 atom stereocenters. The van der Waals surface area contributed by atoms with Gasteiger partial charge in [0.15, 0.2) is 0 Å². The summed E-state index contributed by atoms with van der Waals surface area (Å²) in [5, 5.41) is 0.331. The minimum Gasteiger partial charge on any atom is -0.462 e. The Bertz CT molecular complexity index is 352. The number of aromatic nitrogens is 1. The lowest BCUT2D eigenvalue weighted by Gasteiger charge is -2.04. The van der Waals surface area contributed by atoms with Crippen molar-refractivity contribution in [3.63, 3.8) is 0 Å². The topological polar surface area (TPSA) is 39.2 Å². The Morgan fingerprint density at radius 2 is 2.20 bits per heavy atom. The number of hydrogen-bond donors (Lipinski definition) is 0. The highest BCUT2D eigenvalue weighted by molar-refractivity contribution is 6.29. The summed E-state index contributed by atoms with van der Waals surface area (Å²) in [7, 11) is 0. The lowest BCUT2D eigenvalue weighted by atomic mass is 10.2. The number of aryl methyl sites for hydroxylation is 1. The van der Waals surface area contributed by atoms with Crippen molar-refractivity contribution in [1.82, 2.24) is 4.98 Å². The van der Waals surface area contributed by atoms with Crippen LogP contribution in [0.2, 0.25) is 5.15 Å². The fourth-order valence-electron chi connectivity index (χ4n) is 1.13. The van der Waals surface area contributed by atoms with Gasteiger partial charge in [0.25, 0.3) is 0 Å². The molecule has 1 aromatic rings. The Hall–Kier alpha value is -1.09. The molecule has 0 aliphatic carbocycles. The fraction of sp³-hybridized carbons (Fsp3) is 0.455. The zero-order chi connectivity index (χ0) is 11.3. The summed E-state index contributed by atoms with van der Waals surface area (Å²) >= 11 is 5.79. The van der Waals surface area contributed by atoms with Crippen LogP contribution in [0.3, 0.4) is 0 Å². The van der Waals surface area contributed by atoms with Gasteiger partial charge in [0.1, 0.15) is 5.15 Å². The highest BCUT2D eigenvalue weighted by Crippen LogP contribution is 2.12. The van der Waals surface area contributed by atoms with E-state index in [1.807, 2.05) is 13.8 Å². The van der Waals surface area contributed by atoms with Crippen molar-refractivity contribution in [2.45, 2.75) is 26.7 Å². The van der Waals surface area contributed by atoms with E-state index in [1.165, 1.54) is 6.07 Å². The molecule has 82 valence electrons. The number of esters is 1. The molecule has 1 aromatic heterocycles. The molecule has 0 radical (unpaired) electrons. The Balaban J connectivity index is 2.83. The number of hydrogen-bond acceptors (Lipinski definition) is 3. The zero-order valence-electron chi connectivity index (χ0n) is 8.92. The number of nitrogens with zero attached hydrogens (tertiary/aromatic N) is 1. The van der Waals surface area contributed by atoms with Gasteiger partial charge in [-0.05, 0) is 25.0 Å². The van der Waals surface area contributed by atoms with Gasteiger partial charge in [-0.15, -0.1) is 0 Å². The molecule has 0 spiro atoms. The van der Waals surface area contributed by atoms with E-state index in [1.54, 1.807) is 6.07 Å². The zero-order valence-corrected chi connectivity index (χ0v) is 9.67. The number of carbonyl (C=O) groups is 1. The normalized spacial score (nSPS) is 10.1. The molecule has 0 aromatic carbocycles. The summed E-state index contributed by atoms with van der Waals surface area (Å²) in [6.07, 6.45) is 1.56. The van der Waals surface area contributed by atoms with E-state index in [9.17, 15) is 4.79 Å². The number of ether oxygens (including phenoxy) is 1. The van der Waals surface area contributed by atoms with E-state index in [-0.39, 0.29) is 5.97 Å². The standard InChI is InChI=1S/C11H14ClNO2/c1-3-5-15-11(14)8-6-9(4-2)13-10(12)7-8/h6-7H,3-5H2,1-2H3. The predicted octanol–water partition coefficient (Wildman–Crippen LogP) is 2.86. The molecule has 4 heteroatoms. The number of carbonyl (C=O) groups excluding carboxylic acids is 1. The van der Waals surface area contributed by atoms with Crippen LogP contribution in [0.4, 0.5) is 0 Å². The van der Waals surface area contributed by atoms with Gasteiger partial charge >= 0.3 is 5.97 Å². The van der Waals surface area contributed by atoms with E-state index < -0.39 is 0 Å². The Kier molecular flexibility index (Phi) is 4.56. The van der Waals surface area contributed by atoms with Gasteiger partial charge < -0.3 is 4.74 Å². The van der Waals surface area contributed by atoms with Crippen LogP contribution in [-0.2, 0) is 11.2 Å². The van der Waals surface area contributed by atoms with E-state index >= 15 is 0 Å². The first-order chi connectivity index (χ1) is 7.17. The van der Waals surface area contributed by atoms with Crippen LogP contribution in [0, 0.1) is 0 Å². The summed E-state index contributed by atoms with van der Waals surface area (Å²) in [5.41, 5.74) is 1.27. The Labute approximate surface area is 94.4 Å². The molecule has 0 fully saturated rings. The van der Waals surface area contributed by atoms with Crippen molar-refractivity contribution < 1.29 is 9.53 Å². The van der Waals surface area contributed by atoms with Crippen molar-refractivity contribution in [3.05, 3.63) is 28.5 Å². The first kappa shape index (κ1) is 12.0. The lowest BCUT2D eigenvalue weighted by molar-refractivity contribution is 0.0505. The van der Waals surface area contributed by atoms with Gasteiger partial charge in [0.05, 0.1) is 12.2 Å². The molecule has 0 N–H and O–H groups in total. The maximum absolute atomic E-state index is 11.5. The first-order valence-electron chi connectivity index (χ1n) is 5.01. The molecule has 0 unspecified atom stereocenters. The third kappa shape index (κ3) is 3.51. The Morgan fingerprint density at radius 3 is 2.80 bits per heavy atom. The molecule has 3 nitrogen and oxygen atoms in total. The summed E-state index contributed by atoms with van der Waals surface area (Å²) in [4.78, 5) is 15.6. The summed E-state index contributed by atoms with van der Waals surface area (Å²) in [6.45, 7) is 4.34. The highest BCUT2D eigenvalue weighted by Gasteiger charge is 2.09. The molecule has 0 aliphatic heterocycles. The maximum atomic E-state index is 11.5. The molecule has 0 bridgehead atoms. The van der Waals surface area contributed by atoms with E-state index in [4.69, 9.17) is 16.3 Å². The van der Waals surface area contributed by atoms with E-state index in [0.717, 1.165) is 18.5 Å². The van der Waals surface area contributed by atoms with Crippen molar-refractivity contribution in [2.24, 2.45) is 0 Å². The largest absolute Gasteiger partial charge is 0.462 e. The fourth-order valence-corrected chi connectivity index (χ4v) is 1.35.